The number of ether oxygens (including phenoxy) is 3. The first-order valence-corrected chi connectivity index (χ1v) is 7.38. The average Bonchev–Trinajstić information content (AvgIpc) is 2.55. The predicted molar refractivity (Wildman–Crippen MR) is 81.5 cm³/mol. The van der Waals surface area contributed by atoms with Crippen LogP contribution in [0.15, 0.2) is 0 Å². The fourth-order valence-corrected chi connectivity index (χ4v) is 2.01. The highest BCUT2D eigenvalue weighted by molar-refractivity contribution is 5.92. The van der Waals surface area contributed by atoms with Crippen LogP contribution in [0.5, 0.6) is 0 Å². The van der Waals surface area contributed by atoms with Crippen molar-refractivity contribution in [1.82, 2.24) is 5.32 Å². The zero-order valence-electron chi connectivity index (χ0n) is 14.5. The topological polar surface area (TPSA) is 128 Å². The first-order valence-electron chi connectivity index (χ1n) is 7.38. The Labute approximate surface area is 140 Å². The van der Waals surface area contributed by atoms with Gasteiger partial charge in [0.05, 0.1) is 33.7 Å². The highest BCUT2D eigenvalue weighted by Crippen LogP contribution is 2.15. The van der Waals surface area contributed by atoms with Crippen LogP contribution >= 0.6 is 0 Å². The van der Waals surface area contributed by atoms with Crippen molar-refractivity contribution in [2.45, 2.75) is 38.8 Å². The molecule has 0 bridgehead atoms. The van der Waals surface area contributed by atoms with E-state index in [1.165, 1.54) is 0 Å². The third-order valence-electron chi connectivity index (χ3n) is 3.27. The van der Waals surface area contributed by atoms with Crippen molar-refractivity contribution in [3.8, 4) is 0 Å². The molecule has 0 aromatic carbocycles. The van der Waals surface area contributed by atoms with Crippen LogP contribution in [-0.4, -0.2) is 62.4 Å². The van der Waals surface area contributed by atoms with Crippen LogP contribution in [0.4, 0.5) is 0 Å². The summed E-state index contributed by atoms with van der Waals surface area (Å²) in [5.41, 5.74) is 0. The first kappa shape index (κ1) is 21.8. The molecule has 0 saturated heterocycles. The van der Waals surface area contributed by atoms with E-state index in [1.54, 1.807) is 0 Å². The molecule has 3 atom stereocenters. The van der Waals surface area contributed by atoms with E-state index in [-0.39, 0.29) is 12.3 Å². The van der Waals surface area contributed by atoms with Crippen molar-refractivity contribution >= 4 is 23.8 Å². The fraction of sp³-hybridized carbons (Fsp3) is 0.733. The lowest BCUT2D eigenvalue weighted by molar-refractivity contribution is -0.160. The minimum absolute atomic E-state index is 0.0359. The third-order valence-corrected chi connectivity index (χ3v) is 3.27. The van der Waals surface area contributed by atoms with Crippen LogP contribution in [0.25, 0.3) is 0 Å². The highest BCUT2D eigenvalue weighted by Gasteiger charge is 2.39. The molecule has 138 valence electrons. The zero-order valence-corrected chi connectivity index (χ0v) is 14.5. The molecule has 9 nitrogen and oxygen atoms in total. The average molecular weight is 347 g/mol. The van der Waals surface area contributed by atoms with Gasteiger partial charge in [-0.05, 0) is 12.3 Å². The van der Waals surface area contributed by atoms with E-state index in [4.69, 9.17) is 0 Å². The second-order valence-corrected chi connectivity index (χ2v) is 5.56. The van der Waals surface area contributed by atoms with E-state index in [0.29, 0.717) is 0 Å². The molecule has 0 fully saturated rings. The summed E-state index contributed by atoms with van der Waals surface area (Å²) in [6, 6.07) is -1.49. The maximum atomic E-state index is 12.0. The molecule has 24 heavy (non-hydrogen) atoms. The largest absolute Gasteiger partial charge is 0.469 e. The number of carbonyl (C=O) groups is 4. The van der Waals surface area contributed by atoms with Crippen LogP contribution < -0.4 is 5.32 Å². The van der Waals surface area contributed by atoms with Crippen molar-refractivity contribution in [3.05, 3.63) is 0 Å². The number of amides is 1. The molecule has 0 rings (SSSR count). The molecule has 2 N–H and O–H groups in total. The Morgan fingerprint density at radius 1 is 0.958 bits per heavy atom. The summed E-state index contributed by atoms with van der Waals surface area (Å²) < 4.78 is 13.6. The van der Waals surface area contributed by atoms with Crippen molar-refractivity contribution in [3.63, 3.8) is 0 Å². The van der Waals surface area contributed by atoms with Gasteiger partial charge in [-0.3, -0.25) is 14.4 Å². The SMILES string of the molecule is COC(=O)C[C@@H](C(=O)OC)[C@@H](NC(=O)[C@H](O)CC(C)C)C(=O)OC. The maximum Gasteiger partial charge on any atom is 0.329 e. The van der Waals surface area contributed by atoms with Crippen LogP contribution in [0.3, 0.4) is 0 Å². The van der Waals surface area contributed by atoms with Crippen LogP contribution in [-0.2, 0) is 33.4 Å². The molecule has 0 radical (unpaired) electrons. The highest BCUT2D eigenvalue weighted by atomic mass is 16.5. The summed E-state index contributed by atoms with van der Waals surface area (Å²) in [6.07, 6.45) is -1.70. The predicted octanol–water partition coefficient (Wildman–Crippen LogP) is -0.596. The Morgan fingerprint density at radius 2 is 1.50 bits per heavy atom. The Balaban J connectivity index is 5.38. The molecular weight excluding hydrogens is 322 g/mol. The molecule has 0 saturated carbocycles. The van der Waals surface area contributed by atoms with E-state index in [1.807, 2.05) is 13.8 Å². The molecule has 0 spiro atoms. The van der Waals surface area contributed by atoms with E-state index < -0.39 is 48.3 Å². The zero-order chi connectivity index (χ0) is 18.9. The standard InChI is InChI=1S/C15H25NO8/c1-8(2)6-10(17)13(19)16-12(15(21)24-5)9(14(20)23-4)7-11(18)22-3/h8-10,12,17H,6-7H2,1-5H3,(H,16,19)/t9-,10-,12-/m1/s1. The molecule has 9 heteroatoms. The lowest BCUT2D eigenvalue weighted by Crippen LogP contribution is -2.52. The van der Waals surface area contributed by atoms with Gasteiger partial charge in [0, 0.05) is 0 Å². The van der Waals surface area contributed by atoms with Gasteiger partial charge in [-0.25, -0.2) is 4.79 Å². The number of rotatable bonds is 9. The van der Waals surface area contributed by atoms with Crippen LogP contribution in [0, 0.1) is 11.8 Å². The number of nitrogens with one attached hydrogen (secondary N) is 1. The van der Waals surface area contributed by atoms with Gasteiger partial charge in [-0.2, -0.15) is 0 Å². The molecule has 0 aromatic rings. The molecule has 0 aliphatic heterocycles. The molecular formula is C15H25NO8. The van der Waals surface area contributed by atoms with Crippen molar-refractivity contribution in [2.24, 2.45) is 11.8 Å². The molecule has 0 aromatic heterocycles. The van der Waals surface area contributed by atoms with E-state index in [9.17, 15) is 24.3 Å². The van der Waals surface area contributed by atoms with Gasteiger partial charge in [-0.1, -0.05) is 13.8 Å². The third kappa shape index (κ3) is 6.95. The fourth-order valence-electron chi connectivity index (χ4n) is 2.01. The quantitative estimate of drug-likeness (QED) is 0.418. The smallest absolute Gasteiger partial charge is 0.329 e. The number of hydrogen-bond acceptors (Lipinski definition) is 8. The molecule has 0 unspecified atom stereocenters. The first-order chi connectivity index (χ1) is 11.2. The van der Waals surface area contributed by atoms with Gasteiger partial charge >= 0.3 is 17.9 Å². The summed E-state index contributed by atoms with van der Waals surface area (Å²) in [7, 11) is 3.27. The Morgan fingerprint density at radius 3 is 1.92 bits per heavy atom. The monoisotopic (exact) mass is 347 g/mol. The summed E-state index contributed by atoms with van der Waals surface area (Å²) >= 11 is 0. The van der Waals surface area contributed by atoms with Crippen molar-refractivity contribution < 1.29 is 38.5 Å². The van der Waals surface area contributed by atoms with Gasteiger partial charge in [0.15, 0.2) is 0 Å². The molecule has 0 aliphatic carbocycles. The number of carbonyl (C=O) groups excluding carboxylic acids is 4. The Kier molecular flexibility index (Phi) is 9.63. The van der Waals surface area contributed by atoms with Gasteiger partial charge < -0.3 is 24.6 Å². The molecule has 0 aliphatic rings. The van der Waals surface area contributed by atoms with Crippen molar-refractivity contribution in [1.29, 1.82) is 0 Å². The number of esters is 3. The molecule has 1 amide bonds. The maximum absolute atomic E-state index is 12.0. The minimum atomic E-state index is -1.49. The van der Waals surface area contributed by atoms with E-state index >= 15 is 0 Å². The second kappa shape index (κ2) is 10.6. The summed E-state index contributed by atoms with van der Waals surface area (Å²) in [5.74, 6) is -4.76. The van der Waals surface area contributed by atoms with E-state index in [2.05, 4.69) is 19.5 Å². The Bertz CT molecular complexity index is 462. The minimum Gasteiger partial charge on any atom is -0.469 e. The normalized spacial score (nSPS) is 14.3. The van der Waals surface area contributed by atoms with E-state index in [0.717, 1.165) is 21.3 Å². The van der Waals surface area contributed by atoms with Crippen molar-refractivity contribution in [2.75, 3.05) is 21.3 Å². The van der Waals surface area contributed by atoms with Gasteiger partial charge in [0.1, 0.15) is 12.1 Å². The number of hydrogen-bond donors (Lipinski definition) is 2. The van der Waals surface area contributed by atoms with Crippen LogP contribution in [0.2, 0.25) is 0 Å². The van der Waals surface area contributed by atoms with Gasteiger partial charge in [0.2, 0.25) is 5.91 Å². The van der Waals surface area contributed by atoms with Crippen LogP contribution in [0.1, 0.15) is 26.7 Å². The van der Waals surface area contributed by atoms with Gasteiger partial charge in [0.25, 0.3) is 0 Å². The summed E-state index contributed by atoms with van der Waals surface area (Å²) in [4.78, 5) is 47.4. The lowest BCUT2D eigenvalue weighted by atomic mass is 9.95. The summed E-state index contributed by atoms with van der Waals surface area (Å²) in [6.45, 7) is 3.62. The number of methoxy groups -OCH3 is 3. The summed E-state index contributed by atoms with van der Waals surface area (Å²) in [5, 5.41) is 12.1. The number of aliphatic hydroxyl groups excluding tert-OH is 1. The van der Waals surface area contributed by atoms with Gasteiger partial charge in [-0.15, -0.1) is 0 Å². The Hall–Kier alpha value is -2.16. The molecule has 0 heterocycles. The number of aliphatic hydroxyl groups is 1. The lowest BCUT2D eigenvalue weighted by Gasteiger charge is -2.24. The second-order valence-electron chi connectivity index (χ2n) is 5.56.